The van der Waals surface area contributed by atoms with Gasteiger partial charge in [0.25, 0.3) is 0 Å². The van der Waals surface area contributed by atoms with Crippen LogP contribution in [-0.4, -0.2) is 47.4 Å². The molecule has 1 amide bonds. The van der Waals surface area contributed by atoms with Crippen LogP contribution in [0.4, 0.5) is 0 Å². The maximum absolute atomic E-state index is 12.4. The Hall–Kier alpha value is -1.14. The Labute approximate surface area is 356 Å². The van der Waals surface area contributed by atoms with Gasteiger partial charge < -0.3 is 20.3 Å². The zero-order chi connectivity index (χ0) is 41.5. The van der Waals surface area contributed by atoms with Crippen molar-refractivity contribution in [3.8, 4) is 0 Å². The van der Waals surface area contributed by atoms with E-state index in [1.165, 1.54) is 199 Å². The van der Waals surface area contributed by atoms with Crippen molar-refractivity contribution in [2.75, 3.05) is 13.2 Å². The van der Waals surface area contributed by atoms with E-state index in [9.17, 15) is 19.8 Å². The number of carbonyl (C=O) groups excluding carboxylic acids is 2. The number of hydrogen-bond acceptors (Lipinski definition) is 5. The average molecular weight is 808 g/mol. The van der Waals surface area contributed by atoms with Gasteiger partial charge in [-0.2, -0.15) is 0 Å². The lowest BCUT2D eigenvalue weighted by Crippen LogP contribution is -2.45. The van der Waals surface area contributed by atoms with Gasteiger partial charge in [-0.3, -0.25) is 9.59 Å². The number of rotatable bonds is 48. The van der Waals surface area contributed by atoms with Crippen LogP contribution in [0.3, 0.4) is 0 Å². The maximum Gasteiger partial charge on any atom is 0.305 e. The zero-order valence-corrected chi connectivity index (χ0v) is 38.6. The molecule has 0 aliphatic carbocycles. The predicted octanol–water partition coefficient (Wildman–Crippen LogP) is 15.2. The van der Waals surface area contributed by atoms with Gasteiger partial charge in [0, 0.05) is 12.8 Å². The first kappa shape index (κ1) is 55.9. The molecule has 3 N–H and O–H groups in total. The van der Waals surface area contributed by atoms with Crippen molar-refractivity contribution in [3.63, 3.8) is 0 Å². The van der Waals surface area contributed by atoms with E-state index in [0.29, 0.717) is 25.9 Å². The topological polar surface area (TPSA) is 95.9 Å². The number of nitrogens with one attached hydrogen (secondary N) is 1. The Balaban J connectivity index is 3.42. The van der Waals surface area contributed by atoms with Crippen LogP contribution in [0.15, 0.2) is 0 Å². The van der Waals surface area contributed by atoms with E-state index in [-0.39, 0.29) is 18.5 Å². The monoisotopic (exact) mass is 808 g/mol. The highest BCUT2D eigenvalue weighted by Gasteiger charge is 2.20. The van der Waals surface area contributed by atoms with E-state index in [1.54, 1.807) is 0 Å². The third-order valence-electron chi connectivity index (χ3n) is 12.2. The third-order valence-corrected chi connectivity index (χ3v) is 12.2. The van der Waals surface area contributed by atoms with E-state index in [4.69, 9.17) is 4.74 Å². The second kappa shape index (κ2) is 47.5. The van der Waals surface area contributed by atoms with Crippen LogP contribution in [0, 0.1) is 0 Å². The molecule has 57 heavy (non-hydrogen) atoms. The summed E-state index contributed by atoms with van der Waals surface area (Å²) in [7, 11) is 0. The predicted molar refractivity (Wildman–Crippen MR) is 246 cm³/mol. The molecule has 0 aromatic carbocycles. The smallest absolute Gasteiger partial charge is 0.305 e. The van der Waals surface area contributed by atoms with Crippen LogP contribution in [0.5, 0.6) is 0 Å². The number of carbonyl (C=O) groups is 2. The molecule has 6 heteroatoms. The van der Waals surface area contributed by atoms with Gasteiger partial charge in [-0.05, 0) is 25.7 Å². The van der Waals surface area contributed by atoms with E-state index in [0.717, 1.165) is 57.8 Å². The summed E-state index contributed by atoms with van der Waals surface area (Å²) in [5, 5.41) is 23.1. The fourth-order valence-corrected chi connectivity index (χ4v) is 8.17. The van der Waals surface area contributed by atoms with Crippen molar-refractivity contribution in [2.45, 2.75) is 302 Å². The van der Waals surface area contributed by atoms with Crippen LogP contribution >= 0.6 is 0 Å². The summed E-state index contributed by atoms with van der Waals surface area (Å²) in [6, 6.07) is -0.550. The minimum Gasteiger partial charge on any atom is -0.466 e. The lowest BCUT2D eigenvalue weighted by atomic mass is 10.0. The van der Waals surface area contributed by atoms with Crippen molar-refractivity contribution in [1.29, 1.82) is 0 Å². The molecular weight excluding hydrogens is 707 g/mol. The van der Waals surface area contributed by atoms with Gasteiger partial charge in [0.15, 0.2) is 0 Å². The van der Waals surface area contributed by atoms with E-state index >= 15 is 0 Å². The Morgan fingerprint density at radius 3 is 1.07 bits per heavy atom. The van der Waals surface area contributed by atoms with Crippen LogP contribution < -0.4 is 5.32 Å². The summed E-state index contributed by atoms with van der Waals surface area (Å²) in [4.78, 5) is 24.5. The Kier molecular flexibility index (Phi) is 46.6. The van der Waals surface area contributed by atoms with Crippen molar-refractivity contribution in [3.05, 3.63) is 0 Å². The van der Waals surface area contributed by atoms with Crippen LogP contribution in [0.25, 0.3) is 0 Å². The van der Waals surface area contributed by atoms with E-state index < -0.39 is 12.1 Å². The summed E-state index contributed by atoms with van der Waals surface area (Å²) in [5.74, 6) is -0.0549. The lowest BCUT2D eigenvalue weighted by Gasteiger charge is -2.22. The summed E-state index contributed by atoms with van der Waals surface area (Å²) in [6.45, 7) is 4.93. The number of hydrogen-bond donors (Lipinski definition) is 3. The van der Waals surface area contributed by atoms with Crippen LogP contribution in [-0.2, 0) is 14.3 Å². The molecule has 0 aromatic rings. The van der Waals surface area contributed by atoms with Gasteiger partial charge in [-0.25, -0.2) is 0 Å². The first-order chi connectivity index (χ1) is 28.0. The summed E-state index contributed by atoms with van der Waals surface area (Å²) in [6.07, 6.45) is 52.1. The summed E-state index contributed by atoms with van der Waals surface area (Å²) >= 11 is 0. The standard InChI is InChI=1S/C51H101NO5/c1-3-5-7-9-11-13-15-17-18-19-20-25-29-33-37-41-45-51(56)57-46-42-38-34-30-26-22-21-24-28-32-36-40-44-50(55)52-48(47-53)49(54)43-39-35-31-27-23-16-14-12-10-8-6-4-2/h48-49,53-54H,3-47H2,1-2H3,(H,52,55). The number of unbranched alkanes of at least 4 members (excludes halogenated alkanes) is 37. The van der Waals surface area contributed by atoms with Crippen molar-refractivity contribution >= 4 is 11.9 Å². The number of aliphatic hydroxyl groups excluding tert-OH is 2. The molecule has 0 aromatic heterocycles. The third kappa shape index (κ3) is 44.2. The molecule has 2 atom stereocenters. The Morgan fingerprint density at radius 2 is 0.719 bits per heavy atom. The van der Waals surface area contributed by atoms with E-state index in [1.807, 2.05) is 0 Å². The zero-order valence-electron chi connectivity index (χ0n) is 38.6. The fourth-order valence-electron chi connectivity index (χ4n) is 8.17. The molecule has 0 rings (SSSR count). The largest absolute Gasteiger partial charge is 0.466 e. The quantitative estimate of drug-likeness (QED) is 0.0420. The Bertz CT molecular complexity index is 806. The summed E-state index contributed by atoms with van der Waals surface area (Å²) in [5.41, 5.74) is 0. The van der Waals surface area contributed by atoms with Gasteiger partial charge in [-0.1, -0.05) is 251 Å². The number of esters is 1. The molecule has 0 fully saturated rings. The molecule has 340 valence electrons. The maximum atomic E-state index is 12.4. The second-order valence-corrected chi connectivity index (χ2v) is 17.9. The van der Waals surface area contributed by atoms with Gasteiger partial charge in [0.1, 0.15) is 0 Å². The highest BCUT2D eigenvalue weighted by molar-refractivity contribution is 5.76. The van der Waals surface area contributed by atoms with Crippen LogP contribution in [0.2, 0.25) is 0 Å². The SMILES string of the molecule is CCCCCCCCCCCCCCCCCCC(=O)OCCCCCCCCCCCCCCC(=O)NC(CO)C(O)CCCCCCCCCCCCCC. The Morgan fingerprint density at radius 1 is 0.421 bits per heavy atom. The highest BCUT2D eigenvalue weighted by Crippen LogP contribution is 2.17. The molecule has 0 spiro atoms. The molecule has 0 saturated carbocycles. The molecular formula is C51H101NO5. The molecule has 0 saturated heterocycles. The van der Waals surface area contributed by atoms with E-state index in [2.05, 4.69) is 19.2 Å². The van der Waals surface area contributed by atoms with Crippen molar-refractivity contribution in [1.82, 2.24) is 5.32 Å². The molecule has 0 aliphatic heterocycles. The first-order valence-corrected chi connectivity index (χ1v) is 25.8. The minimum absolute atomic E-state index is 0.00536. The molecule has 0 bridgehead atoms. The average Bonchev–Trinajstić information content (AvgIpc) is 3.21. The lowest BCUT2D eigenvalue weighted by molar-refractivity contribution is -0.143. The van der Waals surface area contributed by atoms with Gasteiger partial charge in [-0.15, -0.1) is 0 Å². The van der Waals surface area contributed by atoms with Crippen molar-refractivity contribution in [2.24, 2.45) is 0 Å². The highest BCUT2D eigenvalue weighted by atomic mass is 16.5. The fraction of sp³-hybridized carbons (Fsp3) is 0.961. The van der Waals surface area contributed by atoms with Gasteiger partial charge >= 0.3 is 5.97 Å². The van der Waals surface area contributed by atoms with Crippen LogP contribution in [0.1, 0.15) is 290 Å². The normalized spacial score (nSPS) is 12.6. The summed E-state index contributed by atoms with van der Waals surface area (Å²) < 4.78 is 5.47. The molecule has 0 heterocycles. The van der Waals surface area contributed by atoms with Gasteiger partial charge in [0.2, 0.25) is 5.91 Å². The van der Waals surface area contributed by atoms with Crippen molar-refractivity contribution < 1.29 is 24.5 Å². The minimum atomic E-state index is -0.671. The number of ether oxygens (including phenoxy) is 1. The number of aliphatic hydroxyl groups is 2. The molecule has 0 aliphatic rings. The second-order valence-electron chi connectivity index (χ2n) is 17.9. The number of amides is 1. The molecule has 6 nitrogen and oxygen atoms in total. The molecule has 2 unspecified atom stereocenters. The first-order valence-electron chi connectivity index (χ1n) is 25.8. The van der Waals surface area contributed by atoms with Gasteiger partial charge in [0.05, 0.1) is 25.4 Å². The molecule has 0 radical (unpaired) electrons.